The van der Waals surface area contributed by atoms with Crippen molar-refractivity contribution in [3.63, 3.8) is 0 Å². The smallest absolute Gasteiger partial charge is 0.163 e. The Morgan fingerprint density at radius 2 is 0.744 bits per heavy atom. The Bertz CT molecular complexity index is 841. The van der Waals surface area contributed by atoms with Crippen molar-refractivity contribution in [3.8, 4) is 0 Å². The summed E-state index contributed by atoms with van der Waals surface area (Å²) in [5.74, 6) is -0.681. The molecule has 10 nitrogen and oxygen atoms in total. The number of benzene rings is 2. The van der Waals surface area contributed by atoms with Gasteiger partial charge in [0, 0.05) is 0 Å². The van der Waals surface area contributed by atoms with E-state index in [0.29, 0.717) is 106 Å². The monoisotopic (exact) mass is 606 g/mol. The second-order valence-corrected chi connectivity index (χ2v) is 10.4. The molecule has 1 fully saturated rings. The van der Waals surface area contributed by atoms with Crippen LogP contribution in [-0.2, 0) is 60.6 Å². The lowest BCUT2D eigenvalue weighted by molar-refractivity contribution is -0.155. The number of hydrogen-bond donors (Lipinski definition) is 0. The molecule has 3 rings (SSSR count). The first-order chi connectivity index (χ1) is 21.1. The van der Waals surface area contributed by atoms with E-state index in [9.17, 15) is 0 Å². The molecule has 0 unspecified atom stereocenters. The quantitative estimate of drug-likeness (QED) is 0.146. The molecule has 10 heteroatoms. The van der Waals surface area contributed by atoms with Crippen LogP contribution < -0.4 is 0 Å². The van der Waals surface area contributed by atoms with Crippen molar-refractivity contribution in [2.75, 3.05) is 92.5 Å². The molecule has 1 heterocycles. The van der Waals surface area contributed by atoms with Crippen molar-refractivity contribution in [2.45, 2.75) is 45.1 Å². The fraction of sp³-hybridized carbons (Fsp3) is 0.636. The summed E-state index contributed by atoms with van der Waals surface area (Å²) in [6.07, 6.45) is -0.430. The van der Waals surface area contributed by atoms with Crippen molar-refractivity contribution in [2.24, 2.45) is 0 Å². The predicted octanol–water partition coefficient (Wildman–Crippen LogP) is 4.04. The Kier molecular flexibility index (Phi) is 18.6. The Morgan fingerprint density at radius 3 is 1.09 bits per heavy atom. The maximum absolute atomic E-state index is 6.00. The van der Waals surface area contributed by atoms with E-state index >= 15 is 0 Å². The van der Waals surface area contributed by atoms with E-state index in [-0.39, 0.29) is 12.2 Å². The van der Waals surface area contributed by atoms with Crippen molar-refractivity contribution >= 4 is 0 Å². The van der Waals surface area contributed by atoms with E-state index in [2.05, 4.69) is 0 Å². The summed E-state index contributed by atoms with van der Waals surface area (Å²) >= 11 is 0. The fourth-order valence-corrected chi connectivity index (χ4v) is 4.23. The first-order valence-electron chi connectivity index (χ1n) is 15.2. The van der Waals surface area contributed by atoms with E-state index in [1.807, 2.05) is 74.5 Å². The van der Waals surface area contributed by atoms with Crippen LogP contribution in [0.15, 0.2) is 60.7 Å². The molecule has 0 N–H and O–H groups in total. The molecular formula is C33H50O10. The molecule has 0 saturated carbocycles. The number of ether oxygens (including phenoxy) is 10. The summed E-state index contributed by atoms with van der Waals surface area (Å²) in [7, 11) is 0. The van der Waals surface area contributed by atoms with Gasteiger partial charge in [-0.25, -0.2) is 0 Å². The Morgan fingerprint density at radius 1 is 0.442 bits per heavy atom. The van der Waals surface area contributed by atoms with Gasteiger partial charge in [-0.1, -0.05) is 60.7 Å². The molecule has 1 aliphatic rings. The lowest BCUT2D eigenvalue weighted by atomic mass is 10.2. The molecule has 0 aromatic heterocycles. The molecule has 0 radical (unpaired) electrons. The molecular weight excluding hydrogens is 556 g/mol. The van der Waals surface area contributed by atoms with Gasteiger partial charge in [0.1, 0.15) is 12.2 Å². The van der Waals surface area contributed by atoms with E-state index in [0.717, 1.165) is 11.1 Å². The molecule has 2 aromatic rings. The van der Waals surface area contributed by atoms with Gasteiger partial charge >= 0.3 is 0 Å². The highest BCUT2D eigenvalue weighted by Crippen LogP contribution is 2.28. The molecule has 2 aromatic carbocycles. The average molecular weight is 607 g/mol. The molecule has 2 atom stereocenters. The Balaban J connectivity index is 1.08. The fourth-order valence-electron chi connectivity index (χ4n) is 4.23. The molecule has 1 saturated heterocycles. The molecule has 0 amide bonds. The van der Waals surface area contributed by atoms with Crippen LogP contribution in [0.1, 0.15) is 25.0 Å². The third kappa shape index (κ3) is 17.2. The van der Waals surface area contributed by atoms with Gasteiger partial charge in [0.15, 0.2) is 5.79 Å². The van der Waals surface area contributed by atoms with Gasteiger partial charge in [-0.3, -0.25) is 0 Å². The molecule has 242 valence electrons. The average Bonchev–Trinajstić information content (AvgIpc) is 3.32. The van der Waals surface area contributed by atoms with Crippen LogP contribution in [0, 0.1) is 0 Å². The first-order valence-corrected chi connectivity index (χ1v) is 15.2. The zero-order valence-electron chi connectivity index (χ0n) is 25.8. The van der Waals surface area contributed by atoms with Crippen LogP contribution in [-0.4, -0.2) is 110 Å². The second kappa shape index (κ2) is 22.5. The van der Waals surface area contributed by atoms with E-state index in [1.165, 1.54) is 0 Å². The van der Waals surface area contributed by atoms with Crippen molar-refractivity contribution in [3.05, 3.63) is 71.8 Å². The van der Waals surface area contributed by atoms with Crippen molar-refractivity contribution in [1.29, 1.82) is 0 Å². The van der Waals surface area contributed by atoms with Gasteiger partial charge in [-0.15, -0.1) is 0 Å². The molecule has 43 heavy (non-hydrogen) atoms. The van der Waals surface area contributed by atoms with Gasteiger partial charge in [0.05, 0.1) is 106 Å². The van der Waals surface area contributed by atoms with E-state index < -0.39 is 5.79 Å². The van der Waals surface area contributed by atoms with Crippen LogP contribution in [0.3, 0.4) is 0 Å². The highest BCUT2D eigenvalue weighted by Gasteiger charge is 2.41. The summed E-state index contributed by atoms with van der Waals surface area (Å²) in [6.45, 7) is 11.9. The van der Waals surface area contributed by atoms with E-state index in [4.69, 9.17) is 47.4 Å². The van der Waals surface area contributed by atoms with Crippen LogP contribution in [0.4, 0.5) is 0 Å². The SMILES string of the molecule is CC1(C)O[C@@H](COCCOCCOCCOCc2ccccc2)[C@H](COCCOCCOCCOCc2ccccc2)O1. The van der Waals surface area contributed by atoms with E-state index in [1.54, 1.807) is 0 Å². The molecule has 0 aliphatic carbocycles. The largest absolute Gasteiger partial charge is 0.377 e. The number of hydrogen-bond acceptors (Lipinski definition) is 10. The minimum absolute atomic E-state index is 0.215. The summed E-state index contributed by atoms with van der Waals surface area (Å²) in [6, 6.07) is 20.2. The maximum Gasteiger partial charge on any atom is 0.163 e. The maximum atomic E-state index is 6.00. The number of rotatable bonds is 26. The van der Waals surface area contributed by atoms with Gasteiger partial charge < -0.3 is 47.4 Å². The van der Waals surface area contributed by atoms with Crippen LogP contribution in [0.25, 0.3) is 0 Å². The topological polar surface area (TPSA) is 92.3 Å². The zero-order valence-corrected chi connectivity index (χ0v) is 25.8. The molecule has 0 bridgehead atoms. The Labute approximate surface area is 256 Å². The second-order valence-electron chi connectivity index (χ2n) is 10.4. The summed E-state index contributed by atoms with van der Waals surface area (Å²) < 4.78 is 57.0. The summed E-state index contributed by atoms with van der Waals surface area (Å²) in [5, 5.41) is 0. The van der Waals surface area contributed by atoms with Gasteiger partial charge in [0.25, 0.3) is 0 Å². The van der Waals surface area contributed by atoms with Crippen molar-refractivity contribution in [1.82, 2.24) is 0 Å². The summed E-state index contributed by atoms with van der Waals surface area (Å²) in [4.78, 5) is 0. The lowest BCUT2D eigenvalue weighted by Crippen LogP contribution is -2.32. The first kappa shape index (κ1) is 35.5. The third-order valence-corrected chi connectivity index (χ3v) is 6.30. The van der Waals surface area contributed by atoms with Crippen LogP contribution >= 0.6 is 0 Å². The molecule has 0 spiro atoms. The normalized spacial score (nSPS) is 17.9. The van der Waals surface area contributed by atoms with Gasteiger partial charge in [-0.05, 0) is 25.0 Å². The molecule has 1 aliphatic heterocycles. The summed E-state index contributed by atoms with van der Waals surface area (Å²) in [5.41, 5.74) is 2.31. The lowest BCUT2D eigenvalue weighted by Gasteiger charge is -2.17. The highest BCUT2D eigenvalue weighted by molar-refractivity contribution is 5.14. The van der Waals surface area contributed by atoms with Crippen LogP contribution in [0.5, 0.6) is 0 Å². The minimum atomic E-state index is -0.681. The Hall–Kier alpha value is -1.96. The van der Waals surface area contributed by atoms with Crippen LogP contribution in [0.2, 0.25) is 0 Å². The van der Waals surface area contributed by atoms with Crippen molar-refractivity contribution < 1.29 is 47.4 Å². The predicted molar refractivity (Wildman–Crippen MR) is 161 cm³/mol. The van der Waals surface area contributed by atoms with Gasteiger partial charge in [-0.2, -0.15) is 0 Å². The van der Waals surface area contributed by atoms with Gasteiger partial charge in [0.2, 0.25) is 0 Å². The standard InChI is InChI=1S/C33H50O10/c1-33(2)42-31(27-40-23-19-36-15-13-34-17-21-38-25-29-9-5-3-6-10-29)32(43-33)28-41-24-20-37-16-14-35-18-22-39-26-30-11-7-4-8-12-30/h3-12,31-32H,13-28H2,1-2H3/t31-,32-/m0/s1. The third-order valence-electron chi connectivity index (χ3n) is 6.30. The zero-order chi connectivity index (χ0) is 30.3. The minimum Gasteiger partial charge on any atom is -0.377 e. The highest BCUT2D eigenvalue weighted by atomic mass is 16.8.